The number of rotatable bonds is 3. The molecule has 1 unspecified atom stereocenters. The highest BCUT2D eigenvalue weighted by Gasteiger charge is 2.23. The van der Waals surface area contributed by atoms with E-state index >= 15 is 0 Å². The highest BCUT2D eigenvalue weighted by molar-refractivity contribution is 6.18. The van der Waals surface area contributed by atoms with E-state index in [1.54, 1.807) is 19.5 Å². The van der Waals surface area contributed by atoms with Crippen molar-refractivity contribution in [2.45, 2.75) is 25.3 Å². The van der Waals surface area contributed by atoms with E-state index in [0.29, 0.717) is 17.8 Å². The van der Waals surface area contributed by atoms with Gasteiger partial charge in [-0.2, -0.15) is 4.98 Å². The normalized spacial score (nSPS) is 20.9. The van der Waals surface area contributed by atoms with Crippen molar-refractivity contribution >= 4 is 17.4 Å². The zero-order valence-electron chi connectivity index (χ0n) is 9.40. The maximum atomic E-state index is 5.98. The summed E-state index contributed by atoms with van der Waals surface area (Å²) in [6.45, 7) is 0.999. The first-order valence-electron chi connectivity index (χ1n) is 5.54. The zero-order chi connectivity index (χ0) is 11.4. The second-order valence-corrected chi connectivity index (χ2v) is 4.23. The quantitative estimate of drug-likeness (QED) is 0.760. The van der Waals surface area contributed by atoms with Crippen LogP contribution in [0.1, 0.15) is 19.3 Å². The lowest BCUT2D eigenvalue weighted by atomic mass is 10.0. The molecule has 2 rings (SSSR count). The molecule has 1 atom stereocenters. The van der Waals surface area contributed by atoms with Crippen LogP contribution >= 0.6 is 11.6 Å². The second kappa shape index (κ2) is 5.34. The lowest BCUT2D eigenvalue weighted by Crippen LogP contribution is -2.41. The molecule has 1 fully saturated rings. The fourth-order valence-electron chi connectivity index (χ4n) is 2.04. The Labute approximate surface area is 101 Å². The fraction of sp³-hybridized carbons (Fsp3) is 0.636. The molecule has 0 bridgehead atoms. The number of hydrogen-bond acceptors (Lipinski definition) is 4. The van der Waals surface area contributed by atoms with Crippen LogP contribution in [0, 0.1) is 0 Å². The number of ether oxygens (including phenoxy) is 1. The maximum Gasteiger partial charge on any atom is 0.233 e. The van der Waals surface area contributed by atoms with Crippen LogP contribution in [0.2, 0.25) is 0 Å². The zero-order valence-corrected chi connectivity index (χ0v) is 10.2. The van der Waals surface area contributed by atoms with E-state index in [1.165, 1.54) is 12.8 Å². The first kappa shape index (κ1) is 11.5. The minimum atomic E-state index is 0.372. The van der Waals surface area contributed by atoms with Crippen molar-refractivity contribution < 1.29 is 4.74 Å². The maximum absolute atomic E-state index is 5.98. The molecule has 16 heavy (non-hydrogen) atoms. The highest BCUT2D eigenvalue weighted by atomic mass is 35.5. The van der Waals surface area contributed by atoms with Crippen LogP contribution in [0.4, 0.5) is 5.82 Å². The molecular formula is C11H16ClN3O. The molecule has 4 nitrogen and oxygen atoms in total. The van der Waals surface area contributed by atoms with Crippen LogP contribution in [0.25, 0.3) is 0 Å². The predicted molar refractivity (Wildman–Crippen MR) is 64.3 cm³/mol. The molecule has 5 heteroatoms. The van der Waals surface area contributed by atoms with E-state index in [9.17, 15) is 0 Å². The third-order valence-corrected chi connectivity index (χ3v) is 3.26. The van der Waals surface area contributed by atoms with Crippen molar-refractivity contribution in [1.29, 1.82) is 0 Å². The number of nitrogens with zero attached hydrogens (tertiary/aromatic N) is 3. The average molecular weight is 242 g/mol. The molecule has 1 aliphatic heterocycles. The number of piperidine rings is 1. The standard InChI is InChI=1S/C11H16ClN3O/c1-16-11-8-13-7-10(14-11)15-5-3-2-4-9(15)6-12/h7-9H,2-6H2,1H3. The van der Waals surface area contributed by atoms with Gasteiger partial charge in [0.2, 0.25) is 5.88 Å². The van der Waals surface area contributed by atoms with Crippen molar-refractivity contribution in [3.8, 4) is 5.88 Å². The molecule has 1 aromatic rings. The number of halogens is 1. The molecule has 0 N–H and O–H groups in total. The van der Waals surface area contributed by atoms with Crippen molar-refractivity contribution in [1.82, 2.24) is 9.97 Å². The first-order chi connectivity index (χ1) is 7.85. The third kappa shape index (κ3) is 2.38. The van der Waals surface area contributed by atoms with Gasteiger partial charge in [-0.05, 0) is 19.3 Å². The van der Waals surface area contributed by atoms with Gasteiger partial charge in [-0.25, -0.2) is 0 Å². The molecule has 1 aromatic heterocycles. The molecule has 0 saturated carbocycles. The molecule has 1 aliphatic rings. The Morgan fingerprint density at radius 3 is 3.12 bits per heavy atom. The summed E-state index contributed by atoms with van der Waals surface area (Å²) in [5, 5.41) is 0. The van der Waals surface area contributed by atoms with E-state index in [-0.39, 0.29) is 0 Å². The van der Waals surface area contributed by atoms with Gasteiger partial charge in [0.15, 0.2) is 5.82 Å². The highest BCUT2D eigenvalue weighted by Crippen LogP contribution is 2.24. The monoisotopic (exact) mass is 241 g/mol. The van der Waals surface area contributed by atoms with Gasteiger partial charge in [0, 0.05) is 18.5 Å². The van der Waals surface area contributed by atoms with Crippen molar-refractivity contribution in [3.05, 3.63) is 12.4 Å². The number of methoxy groups -OCH3 is 1. The molecule has 0 aromatic carbocycles. The Kier molecular flexibility index (Phi) is 3.83. The van der Waals surface area contributed by atoms with Crippen molar-refractivity contribution in [3.63, 3.8) is 0 Å². The van der Waals surface area contributed by atoms with E-state index in [4.69, 9.17) is 16.3 Å². The van der Waals surface area contributed by atoms with Crippen LogP contribution in [-0.2, 0) is 0 Å². The van der Waals surface area contributed by atoms with Gasteiger partial charge in [0.25, 0.3) is 0 Å². The lowest BCUT2D eigenvalue weighted by molar-refractivity contribution is 0.393. The number of hydrogen-bond donors (Lipinski definition) is 0. The Balaban J connectivity index is 2.20. The SMILES string of the molecule is COc1cncc(N2CCCCC2CCl)n1. The predicted octanol–water partition coefficient (Wildman–Crippen LogP) is 2.08. The lowest BCUT2D eigenvalue weighted by Gasteiger charge is -2.35. The smallest absolute Gasteiger partial charge is 0.233 e. The van der Waals surface area contributed by atoms with E-state index in [2.05, 4.69) is 14.9 Å². The number of alkyl halides is 1. The molecule has 0 radical (unpaired) electrons. The molecule has 2 heterocycles. The summed E-state index contributed by atoms with van der Waals surface area (Å²) in [7, 11) is 1.60. The van der Waals surface area contributed by atoms with Crippen molar-refractivity contribution in [2.75, 3.05) is 24.4 Å². The summed E-state index contributed by atoms with van der Waals surface area (Å²) in [4.78, 5) is 10.8. The number of aromatic nitrogens is 2. The van der Waals surface area contributed by atoms with Crippen LogP contribution in [-0.4, -0.2) is 35.5 Å². The topological polar surface area (TPSA) is 38.2 Å². The Morgan fingerprint density at radius 1 is 1.50 bits per heavy atom. The Bertz CT molecular complexity index is 348. The van der Waals surface area contributed by atoms with E-state index in [0.717, 1.165) is 18.8 Å². The molecule has 0 amide bonds. The van der Waals surface area contributed by atoms with Crippen molar-refractivity contribution in [2.24, 2.45) is 0 Å². The Morgan fingerprint density at radius 2 is 2.38 bits per heavy atom. The minimum absolute atomic E-state index is 0.372. The van der Waals surface area contributed by atoms with Gasteiger partial charge in [-0.1, -0.05) is 0 Å². The summed E-state index contributed by atoms with van der Waals surface area (Å²) in [5.41, 5.74) is 0. The molecule has 0 aliphatic carbocycles. The molecule has 0 spiro atoms. The van der Waals surface area contributed by atoms with Gasteiger partial charge in [-0.3, -0.25) is 4.98 Å². The second-order valence-electron chi connectivity index (χ2n) is 3.92. The summed E-state index contributed by atoms with van der Waals surface area (Å²) in [6, 6.07) is 0.372. The summed E-state index contributed by atoms with van der Waals surface area (Å²) < 4.78 is 5.08. The van der Waals surface area contributed by atoms with E-state index in [1.807, 2.05) is 0 Å². The summed E-state index contributed by atoms with van der Waals surface area (Å²) >= 11 is 5.98. The van der Waals surface area contributed by atoms with Gasteiger partial charge in [0.1, 0.15) is 0 Å². The van der Waals surface area contributed by atoms with E-state index < -0.39 is 0 Å². The minimum Gasteiger partial charge on any atom is -0.480 e. The summed E-state index contributed by atoms with van der Waals surface area (Å²) in [5.74, 6) is 2.06. The van der Waals surface area contributed by atoms with Crippen LogP contribution in [0.5, 0.6) is 5.88 Å². The largest absolute Gasteiger partial charge is 0.480 e. The van der Waals surface area contributed by atoms with Crippen LogP contribution < -0.4 is 9.64 Å². The summed E-state index contributed by atoms with van der Waals surface area (Å²) in [6.07, 6.45) is 6.94. The third-order valence-electron chi connectivity index (χ3n) is 2.91. The van der Waals surface area contributed by atoms with Crippen LogP contribution in [0.15, 0.2) is 12.4 Å². The molecule has 88 valence electrons. The van der Waals surface area contributed by atoms with Gasteiger partial charge in [-0.15, -0.1) is 11.6 Å². The molecular weight excluding hydrogens is 226 g/mol. The number of anilines is 1. The molecule has 1 saturated heterocycles. The van der Waals surface area contributed by atoms with Gasteiger partial charge < -0.3 is 9.64 Å². The van der Waals surface area contributed by atoms with Crippen LogP contribution in [0.3, 0.4) is 0 Å². The fourth-order valence-corrected chi connectivity index (χ4v) is 2.36. The van der Waals surface area contributed by atoms with Gasteiger partial charge in [0.05, 0.1) is 19.5 Å². The average Bonchev–Trinajstić information content (AvgIpc) is 2.38. The van der Waals surface area contributed by atoms with Gasteiger partial charge >= 0.3 is 0 Å². The first-order valence-corrected chi connectivity index (χ1v) is 6.07. The Hall–Kier alpha value is -1.03.